The summed E-state index contributed by atoms with van der Waals surface area (Å²) in [5.41, 5.74) is 1.10. The second-order valence-electron chi connectivity index (χ2n) is 2.99. The summed E-state index contributed by atoms with van der Waals surface area (Å²) in [5, 5.41) is 8.99. The summed E-state index contributed by atoms with van der Waals surface area (Å²) in [6.45, 7) is 0.664. The monoisotopic (exact) mass is 189 g/mol. The van der Waals surface area contributed by atoms with Crippen molar-refractivity contribution in [3.8, 4) is 0 Å². The van der Waals surface area contributed by atoms with E-state index in [1.54, 1.807) is 18.6 Å². The lowest BCUT2D eigenvalue weighted by atomic mass is 10.3. The van der Waals surface area contributed by atoms with Crippen LogP contribution in [0, 0.1) is 0 Å². The maximum atomic E-state index is 8.99. The van der Waals surface area contributed by atoms with Crippen LogP contribution in [-0.4, -0.2) is 19.6 Å². The molecule has 0 aliphatic heterocycles. The Morgan fingerprint density at radius 2 is 2.29 bits per heavy atom. The van der Waals surface area contributed by atoms with Gasteiger partial charge in [0.15, 0.2) is 0 Å². The van der Waals surface area contributed by atoms with Gasteiger partial charge in [0.1, 0.15) is 12.4 Å². The molecule has 2 aromatic rings. The van der Waals surface area contributed by atoms with E-state index in [-0.39, 0.29) is 6.61 Å². The summed E-state index contributed by atoms with van der Waals surface area (Å²) in [4.78, 5) is 8.05. The standard InChI is InChI=1S/C10H11N3O/c14-8-10-12-4-5-13(10)7-9-2-1-3-11-6-9/h1-6,14H,7-8H2. The molecule has 0 saturated heterocycles. The summed E-state index contributed by atoms with van der Waals surface area (Å²) in [6, 6.07) is 3.89. The van der Waals surface area contributed by atoms with Gasteiger partial charge >= 0.3 is 0 Å². The first-order chi connectivity index (χ1) is 6.90. The average Bonchev–Trinajstić information content (AvgIpc) is 2.67. The van der Waals surface area contributed by atoms with Crippen LogP contribution in [0.1, 0.15) is 11.4 Å². The van der Waals surface area contributed by atoms with E-state index in [9.17, 15) is 0 Å². The number of hydrogen-bond acceptors (Lipinski definition) is 3. The van der Waals surface area contributed by atoms with Crippen molar-refractivity contribution in [3.05, 3.63) is 48.3 Å². The Hall–Kier alpha value is -1.68. The zero-order chi connectivity index (χ0) is 9.80. The Bertz CT molecular complexity index is 397. The van der Waals surface area contributed by atoms with E-state index in [0.717, 1.165) is 5.56 Å². The second-order valence-corrected chi connectivity index (χ2v) is 2.99. The highest BCUT2D eigenvalue weighted by Gasteiger charge is 2.01. The van der Waals surface area contributed by atoms with Crippen LogP contribution in [0.4, 0.5) is 0 Å². The molecule has 2 heterocycles. The SMILES string of the molecule is OCc1nccn1Cc1cccnc1. The lowest BCUT2D eigenvalue weighted by Crippen LogP contribution is -2.04. The highest BCUT2D eigenvalue weighted by Crippen LogP contribution is 2.03. The molecule has 0 saturated carbocycles. The second kappa shape index (κ2) is 4.02. The van der Waals surface area contributed by atoms with Crippen molar-refractivity contribution in [1.29, 1.82) is 0 Å². The summed E-state index contributed by atoms with van der Waals surface area (Å²) < 4.78 is 1.90. The van der Waals surface area contributed by atoms with Crippen molar-refractivity contribution < 1.29 is 5.11 Å². The number of aliphatic hydroxyl groups is 1. The maximum Gasteiger partial charge on any atom is 0.134 e. The lowest BCUT2D eigenvalue weighted by Gasteiger charge is -2.04. The topological polar surface area (TPSA) is 50.9 Å². The number of aromatic nitrogens is 3. The van der Waals surface area contributed by atoms with E-state index in [2.05, 4.69) is 9.97 Å². The third-order valence-corrected chi connectivity index (χ3v) is 2.02. The average molecular weight is 189 g/mol. The van der Waals surface area contributed by atoms with Gasteiger partial charge in [0.25, 0.3) is 0 Å². The van der Waals surface area contributed by atoms with E-state index < -0.39 is 0 Å². The first-order valence-electron chi connectivity index (χ1n) is 4.40. The molecule has 14 heavy (non-hydrogen) atoms. The molecule has 4 nitrogen and oxygen atoms in total. The van der Waals surface area contributed by atoms with Crippen LogP contribution in [0.2, 0.25) is 0 Å². The van der Waals surface area contributed by atoms with Crippen LogP contribution >= 0.6 is 0 Å². The number of rotatable bonds is 3. The van der Waals surface area contributed by atoms with Gasteiger partial charge in [-0.1, -0.05) is 6.07 Å². The third-order valence-electron chi connectivity index (χ3n) is 2.02. The third kappa shape index (κ3) is 1.80. The van der Waals surface area contributed by atoms with Crippen molar-refractivity contribution in [1.82, 2.24) is 14.5 Å². The fraction of sp³-hybridized carbons (Fsp3) is 0.200. The largest absolute Gasteiger partial charge is 0.388 e. The van der Waals surface area contributed by atoms with Crippen molar-refractivity contribution in [2.75, 3.05) is 0 Å². The van der Waals surface area contributed by atoms with Gasteiger partial charge in [-0.05, 0) is 11.6 Å². The van der Waals surface area contributed by atoms with Crippen molar-refractivity contribution in [2.45, 2.75) is 13.2 Å². The zero-order valence-corrected chi connectivity index (χ0v) is 7.67. The Morgan fingerprint density at radius 1 is 1.36 bits per heavy atom. The van der Waals surface area contributed by atoms with Gasteiger partial charge in [0.2, 0.25) is 0 Å². The molecule has 0 aliphatic carbocycles. The predicted molar refractivity (Wildman–Crippen MR) is 51.5 cm³/mol. The molecule has 0 aliphatic rings. The van der Waals surface area contributed by atoms with Crippen LogP contribution in [0.3, 0.4) is 0 Å². The van der Waals surface area contributed by atoms with E-state index in [1.807, 2.05) is 22.9 Å². The molecule has 1 N–H and O–H groups in total. The highest BCUT2D eigenvalue weighted by molar-refractivity contribution is 5.10. The van der Waals surface area contributed by atoms with Gasteiger partial charge in [0.05, 0.1) is 6.54 Å². The predicted octanol–water partition coefficient (Wildman–Crippen LogP) is 0.819. The number of nitrogens with zero attached hydrogens (tertiary/aromatic N) is 3. The normalized spacial score (nSPS) is 10.4. The quantitative estimate of drug-likeness (QED) is 0.777. The summed E-state index contributed by atoms with van der Waals surface area (Å²) >= 11 is 0. The number of pyridine rings is 1. The summed E-state index contributed by atoms with van der Waals surface area (Å²) in [6.07, 6.45) is 7.08. The summed E-state index contributed by atoms with van der Waals surface area (Å²) in [5.74, 6) is 0.675. The molecule has 0 unspecified atom stereocenters. The van der Waals surface area contributed by atoms with E-state index >= 15 is 0 Å². The van der Waals surface area contributed by atoms with Gasteiger partial charge in [-0.15, -0.1) is 0 Å². The first-order valence-corrected chi connectivity index (χ1v) is 4.40. The molecule has 2 aromatic heterocycles. The molecule has 4 heteroatoms. The van der Waals surface area contributed by atoms with Crippen LogP contribution in [0.25, 0.3) is 0 Å². The van der Waals surface area contributed by atoms with E-state index in [4.69, 9.17) is 5.11 Å². The molecule has 0 bridgehead atoms. The van der Waals surface area contributed by atoms with Gasteiger partial charge in [-0.3, -0.25) is 4.98 Å². The van der Waals surface area contributed by atoms with Gasteiger partial charge in [-0.2, -0.15) is 0 Å². The number of hydrogen-bond donors (Lipinski definition) is 1. The molecular formula is C10H11N3O. The fourth-order valence-electron chi connectivity index (χ4n) is 1.32. The maximum absolute atomic E-state index is 8.99. The van der Waals surface area contributed by atoms with E-state index in [0.29, 0.717) is 12.4 Å². The number of imidazole rings is 1. The first kappa shape index (κ1) is 8.90. The highest BCUT2D eigenvalue weighted by atomic mass is 16.3. The van der Waals surface area contributed by atoms with Gasteiger partial charge in [0, 0.05) is 24.8 Å². The van der Waals surface area contributed by atoms with E-state index in [1.165, 1.54) is 0 Å². The zero-order valence-electron chi connectivity index (χ0n) is 7.67. The van der Waals surface area contributed by atoms with Crippen LogP contribution in [-0.2, 0) is 13.2 Å². The van der Waals surface area contributed by atoms with Gasteiger partial charge in [-0.25, -0.2) is 4.98 Å². The molecule has 0 amide bonds. The van der Waals surface area contributed by atoms with Crippen molar-refractivity contribution >= 4 is 0 Å². The van der Waals surface area contributed by atoms with Crippen LogP contribution in [0.15, 0.2) is 36.9 Å². The number of aliphatic hydroxyl groups excluding tert-OH is 1. The molecular weight excluding hydrogens is 178 g/mol. The molecule has 0 spiro atoms. The smallest absolute Gasteiger partial charge is 0.134 e. The fourth-order valence-corrected chi connectivity index (χ4v) is 1.32. The van der Waals surface area contributed by atoms with Crippen molar-refractivity contribution in [3.63, 3.8) is 0 Å². The Kier molecular flexibility index (Phi) is 2.55. The molecule has 0 aromatic carbocycles. The Balaban J connectivity index is 2.19. The molecule has 0 fully saturated rings. The Labute approximate surface area is 81.9 Å². The minimum atomic E-state index is -0.0345. The minimum Gasteiger partial charge on any atom is -0.388 e. The van der Waals surface area contributed by atoms with Crippen LogP contribution < -0.4 is 0 Å². The minimum absolute atomic E-state index is 0.0345. The Morgan fingerprint density at radius 3 is 3.00 bits per heavy atom. The molecule has 72 valence electrons. The molecule has 0 radical (unpaired) electrons. The van der Waals surface area contributed by atoms with Gasteiger partial charge < -0.3 is 9.67 Å². The van der Waals surface area contributed by atoms with Crippen molar-refractivity contribution in [2.24, 2.45) is 0 Å². The summed E-state index contributed by atoms with van der Waals surface area (Å²) in [7, 11) is 0. The molecule has 2 rings (SSSR count). The molecule has 0 atom stereocenters. The van der Waals surface area contributed by atoms with Crippen LogP contribution in [0.5, 0.6) is 0 Å². The lowest BCUT2D eigenvalue weighted by molar-refractivity contribution is 0.266.